The van der Waals surface area contributed by atoms with Crippen molar-refractivity contribution in [2.24, 2.45) is 0 Å². The molecule has 15 heteroatoms. The van der Waals surface area contributed by atoms with Crippen LogP contribution >= 0.6 is 0 Å². The highest BCUT2D eigenvalue weighted by atomic mass is 16.5. The normalized spacial score (nSPS) is 19.9. The maximum absolute atomic E-state index is 12.7. The van der Waals surface area contributed by atoms with E-state index in [4.69, 9.17) is 29.6 Å². The molecule has 15 nitrogen and oxygen atoms in total. The molecule has 11 N–H and O–H groups in total. The van der Waals surface area contributed by atoms with E-state index in [9.17, 15) is 45.3 Å². The van der Waals surface area contributed by atoms with E-state index in [1.807, 2.05) is 0 Å². The number of hydrogen-bond acceptors (Lipinski definition) is 14. The molecule has 0 aliphatic carbocycles. The number of aliphatic hydroxyl groups excluding tert-OH is 3. The Morgan fingerprint density at radius 2 is 1.47 bits per heavy atom. The second kappa shape index (κ2) is 11.9. The van der Waals surface area contributed by atoms with Crippen LogP contribution in [0.15, 0.2) is 51.7 Å². The number of carbonyl (C=O) groups is 1. The maximum atomic E-state index is 12.7. The molecular formula is C28H26O15. The Kier molecular flexibility index (Phi) is 8.54. The first-order valence-corrected chi connectivity index (χ1v) is 12.4. The van der Waals surface area contributed by atoms with Crippen LogP contribution in [-0.2, 0) is 4.74 Å². The molecule has 0 bridgehead atoms. The van der Waals surface area contributed by atoms with Crippen molar-refractivity contribution < 1.29 is 70.1 Å². The summed E-state index contributed by atoms with van der Waals surface area (Å²) in [6, 6.07) is 7.46. The minimum absolute atomic E-state index is 0.0332. The summed E-state index contributed by atoms with van der Waals surface area (Å²) in [6.45, 7) is -0.604. The van der Waals surface area contributed by atoms with Crippen molar-refractivity contribution in [1.29, 1.82) is 0 Å². The van der Waals surface area contributed by atoms with Gasteiger partial charge in [0.25, 0.3) is 0 Å². The second-order valence-corrected chi connectivity index (χ2v) is 9.52. The number of rotatable bonds is 4. The van der Waals surface area contributed by atoms with Crippen LogP contribution < -0.4 is 5.43 Å². The van der Waals surface area contributed by atoms with Crippen LogP contribution in [0.4, 0.5) is 0 Å². The lowest BCUT2D eigenvalue weighted by Crippen LogP contribution is -2.47. The van der Waals surface area contributed by atoms with E-state index in [-0.39, 0.29) is 45.6 Å². The first-order valence-electron chi connectivity index (χ1n) is 12.4. The summed E-state index contributed by atoms with van der Waals surface area (Å²) in [6.07, 6.45) is -5.05. The van der Waals surface area contributed by atoms with Gasteiger partial charge in [-0.25, -0.2) is 4.79 Å². The van der Waals surface area contributed by atoms with E-state index in [2.05, 4.69) is 0 Å². The van der Waals surface area contributed by atoms with Gasteiger partial charge < -0.3 is 65.3 Å². The number of phenolic OH excluding ortho intramolecular Hbond substituents is 7. The highest BCUT2D eigenvalue weighted by Crippen LogP contribution is 2.44. The highest BCUT2D eigenvalue weighted by molar-refractivity contribution is 5.90. The fourth-order valence-corrected chi connectivity index (χ4v) is 4.47. The predicted molar refractivity (Wildman–Crippen MR) is 144 cm³/mol. The van der Waals surface area contributed by atoms with Crippen molar-refractivity contribution in [3.05, 3.63) is 63.8 Å². The Bertz CT molecular complexity index is 1720. The van der Waals surface area contributed by atoms with Gasteiger partial charge in [0.1, 0.15) is 34.9 Å². The largest absolute Gasteiger partial charge is 0.507 e. The standard InChI is InChI=1S/C21H20O10.C7H6O5/c22-7-17-20(29)14(28)6-16(30-17)19-12(26)4-11(25)18-13(27)5-15(31-21(18)19)8-1-2-9(23)10(24)3-8;8-4-1-3(7(11)12)2-5(9)6(4)10/h1-5,14,16-17,20,22-26,28-29H,6-7H2;1-2,8-10H,(H,11,12). The molecule has 1 fully saturated rings. The zero-order chi connectivity index (χ0) is 31.7. The van der Waals surface area contributed by atoms with Crippen LogP contribution in [-0.4, -0.2) is 87.1 Å². The monoisotopic (exact) mass is 602 g/mol. The maximum Gasteiger partial charge on any atom is 0.335 e. The molecule has 1 saturated heterocycles. The lowest BCUT2D eigenvalue weighted by Gasteiger charge is -2.36. The topological polar surface area (TPSA) is 279 Å². The average Bonchev–Trinajstić information content (AvgIpc) is 2.94. The van der Waals surface area contributed by atoms with Gasteiger partial charge in [-0.05, 0) is 30.3 Å². The van der Waals surface area contributed by atoms with Crippen molar-refractivity contribution in [1.82, 2.24) is 0 Å². The van der Waals surface area contributed by atoms with Crippen LogP contribution in [0.2, 0.25) is 0 Å². The molecule has 0 saturated carbocycles. The van der Waals surface area contributed by atoms with Crippen molar-refractivity contribution in [2.75, 3.05) is 6.61 Å². The van der Waals surface area contributed by atoms with E-state index in [1.54, 1.807) is 0 Å². The number of benzene rings is 3. The summed E-state index contributed by atoms with van der Waals surface area (Å²) in [7, 11) is 0. The molecule has 4 unspecified atom stereocenters. The molecule has 5 rings (SSSR count). The van der Waals surface area contributed by atoms with Gasteiger partial charge in [0.05, 0.1) is 29.9 Å². The zero-order valence-corrected chi connectivity index (χ0v) is 21.8. The average molecular weight is 603 g/mol. The molecule has 0 spiro atoms. The van der Waals surface area contributed by atoms with E-state index in [0.29, 0.717) is 0 Å². The van der Waals surface area contributed by atoms with E-state index >= 15 is 0 Å². The number of aromatic carboxylic acids is 1. The minimum Gasteiger partial charge on any atom is -0.507 e. The molecular weight excluding hydrogens is 576 g/mol. The van der Waals surface area contributed by atoms with Crippen LogP contribution in [0.25, 0.3) is 22.3 Å². The van der Waals surface area contributed by atoms with Crippen LogP contribution in [0, 0.1) is 0 Å². The van der Waals surface area contributed by atoms with E-state index in [1.165, 1.54) is 18.2 Å². The predicted octanol–water partition coefficient (Wildman–Crippen LogP) is 1.33. The van der Waals surface area contributed by atoms with Crippen LogP contribution in [0.3, 0.4) is 0 Å². The summed E-state index contributed by atoms with van der Waals surface area (Å²) in [5.74, 6) is -5.21. The fraction of sp³-hybridized carbons (Fsp3) is 0.214. The van der Waals surface area contributed by atoms with Gasteiger partial charge >= 0.3 is 5.97 Å². The van der Waals surface area contributed by atoms with Crippen LogP contribution in [0.5, 0.6) is 40.2 Å². The van der Waals surface area contributed by atoms with E-state index in [0.717, 1.165) is 24.3 Å². The third-order valence-corrected chi connectivity index (χ3v) is 6.65. The number of carboxylic acids is 1. The SMILES string of the molecule is O=C(O)c1cc(O)c(O)c(O)c1.O=c1cc(-c2ccc(O)c(O)c2)oc2c(C3CC(O)C(O)C(CO)O3)c(O)cc(O)c12. The van der Waals surface area contributed by atoms with Gasteiger partial charge in [-0.1, -0.05) is 0 Å². The summed E-state index contributed by atoms with van der Waals surface area (Å²) < 4.78 is 11.4. The summed E-state index contributed by atoms with van der Waals surface area (Å²) in [5, 5.41) is 104. The second-order valence-electron chi connectivity index (χ2n) is 9.52. The molecule has 2 heterocycles. The summed E-state index contributed by atoms with van der Waals surface area (Å²) in [5.41, 5.74) is -0.992. The Hall–Kier alpha value is -5.22. The number of hydrogen-bond donors (Lipinski definition) is 11. The fourth-order valence-electron chi connectivity index (χ4n) is 4.47. The number of carboxylic acid groups (broad SMARTS) is 1. The number of fused-ring (bicyclic) bond motifs is 1. The molecule has 3 aromatic carbocycles. The van der Waals surface area contributed by atoms with Crippen LogP contribution in [0.1, 0.15) is 28.4 Å². The Morgan fingerprint density at radius 3 is 2.05 bits per heavy atom. The van der Waals surface area contributed by atoms with Crippen molar-refractivity contribution in [3.63, 3.8) is 0 Å². The molecule has 1 aliphatic heterocycles. The highest BCUT2D eigenvalue weighted by Gasteiger charge is 2.39. The van der Waals surface area contributed by atoms with Gasteiger partial charge in [-0.2, -0.15) is 0 Å². The van der Waals surface area contributed by atoms with Crippen molar-refractivity contribution >= 4 is 16.9 Å². The van der Waals surface area contributed by atoms with Gasteiger partial charge in [0, 0.05) is 24.1 Å². The molecule has 4 atom stereocenters. The first-order chi connectivity index (χ1) is 20.2. The smallest absolute Gasteiger partial charge is 0.335 e. The Labute approximate surface area is 240 Å². The molecule has 228 valence electrons. The Morgan fingerprint density at radius 1 is 0.814 bits per heavy atom. The number of aliphatic hydroxyl groups is 3. The quantitative estimate of drug-likeness (QED) is 0.147. The van der Waals surface area contributed by atoms with Gasteiger partial charge in [-0.3, -0.25) is 4.79 Å². The lowest BCUT2D eigenvalue weighted by molar-refractivity contribution is -0.181. The summed E-state index contributed by atoms with van der Waals surface area (Å²) >= 11 is 0. The molecule has 0 radical (unpaired) electrons. The van der Waals surface area contributed by atoms with Crippen molar-refractivity contribution in [3.8, 4) is 51.6 Å². The minimum atomic E-state index is -1.35. The zero-order valence-electron chi connectivity index (χ0n) is 21.8. The molecule has 0 amide bonds. The third-order valence-electron chi connectivity index (χ3n) is 6.65. The van der Waals surface area contributed by atoms with Crippen molar-refractivity contribution in [2.45, 2.75) is 30.8 Å². The first kappa shape index (κ1) is 30.7. The van der Waals surface area contributed by atoms with E-state index < -0.39 is 76.9 Å². The number of phenols is 7. The molecule has 43 heavy (non-hydrogen) atoms. The summed E-state index contributed by atoms with van der Waals surface area (Å²) in [4.78, 5) is 23.1. The van der Waals surface area contributed by atoms with Gasteiger partial charge in [0.2, 0.25) is 0 Å². The lowest BCUT2D eigenvalue weighted by atomic mass is 9.92. The number of ether oxygens (including phenoxy) is 1. The van der Waals surface area contributed by atoms with Gasteiger partial charge in [0.15, 0.2) is 39.8 Å². The number of aromatic hydroxyl groups is 7. The molecule has 4 aromatic rings. The molecule has 1 aromatic heterocycles. The van der Waals surface area contributed by atoms with Gasteiger partial charge in [-0.15, -0.1) is 0 Å². The third kappa shape index (κ3) is 6.05. The Balaban J connectivity index is 0.000000296. The molecule has 1 aliphatic rings.